The number of carbonyl (C=O) groups is 1. The van der Waals surface area contributed by atoms with E-state index in [0.717, 1.165) is 40.9 Å². The number of amides is 1. The molecule has 4 rings (SSSR count). The number of aromatic amines is 1. The van der Waals surface area contributed by atoms with Crippen LogP contribution in [0.1, 0.15) is 56.8 Å². The number of nitrogens with zero attached hydrogens (tertiary/aromatic N) is 1. The number of rotatable bonds is 6. The first kappa shape index (κ1) is 22.5. The SMILES string of the molecule is CCOc1ccc(NC(=O)CCc2nc3sc4c(c3c(=O)[nH]2)CC[C@H](C(C)(C)C)C4)cc1. The molecule has 0 saturated heterocycles. The Morgan fingerprint density at radius 3 is 2.72 bits per heavy atom. The van der Waals surface area contributed by atoms with Crippen molar-refractivity contribution in [3.8, 4) is 5.75 Å². The van der Waals surface area contributed by atoms with Crippen LogP contribution >= 0.6 is 11.3 Å². The van der Waals surface area contributed by atoms with Crippen LogP contribution in [-0.2, 0) is 24.1 Å². The maximum absolute atomic E-state index is 12.8. The molecule has 0 bridgehead atoms. The minimum atomic E-state index is -0.115. The van der Waals surface area contributed by atoms with E-state index >= 15 is 0 Å². The van der Waals surface area contributed by atoms with Gasteiger partial charge in [-0.2, -0.15) is 0 Å². The third kappa shape index (κ3) is 4.88. The Labute approximate surface area is 192 Å². The number of carbonyl (C=O) groups excluding carboxylic acids is 1. The Morgan fingerprint density at radius 2 is 2.03 bits per heavy atom. The molecular formula is C25H31N3O3S. The van der Waals surface area contributed by atoms with Crippen LogP contribution in [0, 0.1) is 11.3 Å². The van der Waals surface area contributed by atoms with Crippen molar-refractivity contribution in [2.24, 2.45) is 11.3 Å². The summed E-state index contributed by atoms with van der Waals surface area (Å²) < 4.78 is 5.42. The highest BCUT2D eigenvalue weighted by Crippen LogP contribution is 2.42. The zero-order valence-electron chi connectivity index (χ0n) is 19.2. The second-order valence-electron chi connectivity index (χ2n) is 9.51. The lowest BCUT2D eigenvalue weighted by molar-refractivity contribution is -0.116. The number of benzene rings is 1. The van der Waals surface area contributed by atoms with Gasteiger partial charge in [-0.25, -0.2) is 4.98 Å². The van der Waals surface area contributed by atoms with E-state index in [2.05, 4.69) is 31.1 Å². The van der Waals surface area contributed by atoms with Gasteiger partial charge in [-0.1, -0.05) is 20.8 Å². The van der Waals surface area contributed by atoms with E-state index in [-0.39, 0.29) is 23.3 Å². The van der Waals surface area contributed by atoms with E-state index in [0.29, 0.717) is 24.8 Å². The van der Waals surface area contributed by atoms with Gasteiger partial charge in [-0.15, -0.1) is 11.3 Å². The molecule has 7 heteroatoms. The van der Waals surface area contributed by atoms with Gasteiger partial charge in [-0.05, 0) is 67.3 Å². The quantitative estimate of drug-likeness (QED) is 0.543. The minimum absolute atomic E-state index is 0.0800. The molecule has 2 aromatic heterocycles. The Kier molecular flexibility index (Phi) is 6.38. The Balaban J connectivity index is 1.44. The van der Waals surface area contributed by atoms with Crippen molar-refractivity contribution in [3.63, 3.8) is 0 Å². The number of anilines is 1. The third-order valence-corrected chi connectivity index (χ3v) is 7.38. The molecular weight excluding hydrogens is 422 g/mol. The predicted molar refractivity (Wildman–Crippen MR) is 130 cm³/mol. The van der Waals surface area contributed by atoms with E-state index in [4.69, 9.17) is 9.72 Å². The number of ether oxygens (including phenoxy) is 1. The van der Waals surface area contributed by atoms with Crippen molar-refractivity contribution in [2.45, 2.75) is 59.8 Å². The van der Waals surface area contributed by atoms with Crippen molar-refractivity contribution in [1.29, 1.82) is 0 Å². The summed E-state index contributed by atoms with van der Waals surface area (Å²) >= 11 is 1.65. The average Bonchev–Trinajstić information content (AvgIpc) is 3.11. The highest BCUT2D eigenvalue weighted by Gasteiger charge is 2.31. The molecule has 0 spiro atoms. The van der Waals surface area contributed by atoms with Gasteiger partial charge < -0.3 is 15.0 Å². The van der Waals surface area contributed by atoms with Crippen LogP contribution in [0.25, 0.3) is 10.2 Å². The largest absolute Gasteiger partial charge is 0.494 e. The standard InChI is InChI=1S/C25H31N3O3S/c1-5-31-17-9-7-16(8-10-17)26-21(29)13-12-20-27-23(30)22-18-11-6-15(25(2,3)4)14-19(18)32-24(22)28-20/h7-10,15H,5-6,11-14H2,1-4H3,(H,26,29)(H,27,28,30)/t15-/m0/s1. The van der Waals surface area contributed by atoms with Crippen molar-refractivity contribution in [1.82, 2.24) is 9.97 Å². The molecule has 2 heterocycles. The summed E-state index contributed by atoms with van der Waals surface area (Å²) in [6.45, 7) is 9.40. The lowest BCUT2D eigenvalue weighted by Gasteiger charge is -2.33. The second-order valence-corrected chi connectivity index (χ2v) is 10.6. The fourth-order valence-corrected chi connectivity index (χ4v) is 5.66. The first-order valence-electron chi connectivity index (χ1n) is 11.3. The molecule has 3 aromatic rings. The topological polar surface area (TPSA) is 84.1 Å². The fraction of sp³-hybridized carbons (Fsp3) is 0.480. The molecule has 1 atom stereocenters. The normalized spacial score (nSPS) is 16.1. The Hall–Kier alpha value is -2.67. The Morgan fingerprint density at radius 1 is 1.28 bits per heavy atom. The molecule has 0 unspecified atom stereocenters. The number of aryl methyl sites for hydroxylation is 2. The summed E-state index contributed by atoms with van der Waals surface area (Å²) in [5.41, 5.74) is 2.08. The van der Waals surface area contributed by atoms with Crippen LogP contribution in [0.2, 0.25) is 0 Å². The van der Waals surface area contributed by atoms with Crippen molar-refractivity contribution < 1.29 is 9.53 Å². The van der Waals surface area contributed by atoms with Crippen LogP contribution in [0.3, 0.4) is 0 Å². The molecule has 2 N–H and O–H groups in total. The minimum Gasteiger partial charge on any atom is -0.494 e. The summed E-state index contributed by atoms with van der Waals surface area (Å²) in [6, 6.07) is 7.29. The van der Waals surface area contributed by atoms with E-state index in [1.165, 1.54) is 10.4 Å². The van der Waals surface area contributed by atoms with Gasteiger partial charge >= 0.3 is 0 Å². The molecule has 0 saturated carbocycles. The number of hydrogen-bond donors (Lipinski definition) is 2. The molecule has 6 nitrogen and oxygen atoms in total. The van der Waals surface area contributed by atoms with E-state index in [9.17, 15) is 9.59 Å². The first-order valence-corrected chi connectivity index (χ1v) is 12.1. The summed E-state index contributed by atoms with van der Waals surface area (Å²) in [4.78, 5) is 34.9. The molecule has 0 aliphatic heterocycles. The van der Waals surface area contributed by atoms with Crippen molar-refractivity contribution >= 4 is 33.1 Å². The maximum Gasteiger partial charge on any atom is 0.259 e. The monoisotopic (exact) mass is 453 g/mol. The van der Waals surface area contributed by atoms with Crippen LogP contribution in [0.4, 0.5) is 5.69 Å². The zero-order valence-corrected chi connectivity index (χ0v) is 20.0. The summed E-state index contributed by atoms with van der Waals surface area (Å²) in [7, 11) is 0. The maximum atomic E-state index is 12.8. The highest BCUT2D eigenvalue weighted by atomic mass is 32.1. The number of fused-ring (bicyclic) bond motifs is 3. The molecule has 0 radical (unpaired) electrons. The van der Waals surface area contributed by atoms with Crippen molar-refractivity contribution in [2.75, 3.05) is 11.9 Å². The molecule has 1 aliphatic carbocycles. The number of nitrogens with one attached hydrogen (secondary N) is 2. The van der Waals surface area contributed by atoms with Gasteiger partial charge in [0.05, 0.1) is 12.0 Å². The van der Waals surface area contributed by atoms with Gasteiger partial charge in [0.25, 0.3) is 5.56 Å². The van der Waals surface area contributed by atoms with E-state index in [1.807, 2.05) is 31.2 Å². The third-order valence-electron chi connectivity index (χ3n) is 6.23. The zero-order chi connectivity index (χ0) is 22.9. The first-order chi connectivity index (χ1) is 15.2. The molecule has 32 heavy (non-hydrogen) atoms. The summed E-state index contributed by atoms with van der Waals surface area (Å²) in [6.07, 6.45) is 3.69. The smallest absolute Gasteiger partial charge is 0.259 e. The van der Waals surface area contributed by atoms with Crippen LogP contribution in [0.15, 0.2) is 29.1 Å². The summed E-state index contributed by atoms with van der Waals surface area (Å²) in [5, 5.41) is 3.63. The van der Waals surface area contributed by atoms with Gasteiger partial charge in [-0.3, -0.25) is 9.59 Å². The van der Waals surface area contributed by atoms with Crippen LogP contribution < -0.4 is 15.6 Å². The molecule has 170 valence electrons. The van der Waals surface area contributed by atoms with Gasteiger partial charge in [0.2, 0.25) is 5.91 Å². The average molecular weight is 454 g/mol. The number of H-pyrrole nitrogens is 1. The number of hydrogen-bond acceptors (Lipinski definition) is 5. The summed E-state index contributed by atoms with van der Waals surface area (Å²) in [5.74, 6) is 1.84. The highest BCUT2D eigenvalue weighted by molar-refractivity contribution is 7.18. The molecule has 1 aromatic carbocycles. The molecule has 0 fully saturated rings. The number of aromatic nitrogens is 2. The lowest BCUT2D eigenvalue weighted by Crippen LogP contribution is -2.26. The van der Waals surface area contributed by atoms with Crippen LogP contribution in [-0.4, -0.2) is 22.5 Å². The fourth-order valence-electron chi connectivity index (χ4n) is 4.34. The van der Waals surface area contributed by atoms with Gasteiger partial charge in [0, 0.05) is 23.4 Å². The predicted octanol–water partition coefficient (Wildman–Crippen LogP) is 5.11. The van der Waals surface area contributed by atoms with E-state index < -0.39 is 0 Å². The molecule has 1 aliphatic rings. The van der Waals surface area contributed by atoms with Crippen molar-refractivity contribution in [3.05, 3.63) is 50.9 Å². The molecule has 1 amide bonds. The number of thiophene rings is 1. The van der Waals surface area contributed by atoms with Crippen LogP contribution in [0.5, 0.6) is 5.75 Å². The second kappa shape index (κ2) is 9.06. The lowest BCUT2D eigenvalue weighted by atomic mass is 9.72. The van der Waals surface area contributed by atoms with Gasteiger partial charge in [0.1, 0.15) is 16.4 Å². The van der Waals surface area contributed by atoms with E-state index in [1.54, 1.807) is 11.3 Å². The Bertz CT molecular complexity index is 1170. The van der Waals surface area contributed by atoms with Gasteiger partial charge in [0.15, 0.2) is 0 Å².